The molecule has 1 fully saturated rings. The number of nitrogens with one attached hydrogen (secondary N) is 1. The van der Waals surface area contributed by atoms with Crippen molar-refractivity contribution in [3.8, 4) is 0 Å². The Hall–Kier alpha value is -2.16. The van der Waals surface area contributed by atoms with Crippen LogP contribution in [-0.2, 0) is 25.7 Å². The first-order valence-corrected chi connectivity index (χ1v) is 9.41. The van der Waals surface area contributed by atoms with Gasteiger partial charge in [0.25, 0.3) is 0 Å². The van der Waals surface area contributed by atoms with Crippen LogP contribution < -0.4 is 5.32 Å². The van der Waals surface area contributed by atoms with E-state index in [0.717, 1.165) is 63.5 Å². The normalized spacial score (nSPS) is 19.1. The van der Waals surface area contributed by atoms with Crippen molar-refractivity contribution in [2.24, 2.45) is 0 Å². The van der Waals surface area contributed by atoms with E-state index >= 15 is 0 Å². The molecule has 0 spiro atoms. The van der Waals surface area contributed by atoms with E-state index in [2.05, 4.69) is 30.9 Å². The van der Waals surface area contributed by atoms with Crippen molar-refractivity contribution in [3.63, 3.8) is 0 Å². The smallest absolute Gasteiger partial charge is 0.367 e. The number of aromatic nitrogens is 4. The average Bonchev–Trinajstić information content (AvgIpc) is 3.05. The van der Waals surface area contributed by atoms with E-state index in [1.807, 2.05) is 0 Å². The van der Waals surface area contributed by atoms with Crippen molar-refractivity contribution in [1.29, 1.82) is 0 Å². The van der Waals surface area contributed by atoms with Crippen LogP contribution >= 0.6 is 0 Å². The Kier molecular flexibility index (Phi) is 5.03. The molecule has 0 aliphatic carbocycles. The minimum Gasteiger partial charge on any atom is -0.367 e. The predicted octanol–water partition coefficient (Wildman–Crippen LogP) is 3.10. The number of likely N-dealkylation sites (tertiary alicyclic amines) is 1. The molecule has 0 unspecified atom stereocenters. The van der Waals surface area contributed by atoms with E-state index in [1.165, 1.54) is 18.5 Å². The van der Waals surface area contributed by atoms with E-state index < -0.39 is 11.9 Å². The lowest BCUT2D eigenvalue weighted by atomic mass is 10.0. The van der Waals surface area contributed by atoms with Gasteiger partial charge in [0, 0.05) is 44.0 Å². The van der Waals surface area contributed by atoms with Gasteiger partial charge in [-0.05, 0) is 38.2 Å². The van der Waals surface area contributed by atoms with Crippen LogP contribution in [0.15, 0.2) is 18.5 Å². The molecule has 2 aromatic rings. The van der Waals surface area contributed by atoms with Gasteiger partial charge in [-0.3, -0.25) is 9.58 Å². The van der Waals surface area contributed by atoms with Crippen molar-refractivity contribution in [2.45, 2.75) is 57.4 Å². The van der Waals surface area contributed by atoms with Crippen molar-refractivity contribution in [3.05, 3.63) is 35.5 Å². The molecule has 0 atom stereocenters. The highest BCUT2D eigenvalue weighted by Gasteiger charge is 2.33. The highest BCUT2D eigenvalue weighted by molar-refractivity contribution is 5.36. The predicted molar refractivity (Wildman–Crippen MR) is 94.1 cm³/mol. The monoisotopic (exact) mass is 380 g/mol. The third kappa shape index (κ3) is 4.40. The average molecular weight is 380 g/mol. The summed E-state index contributed by atoms with van der Waals surface area (Å²) < 4.78 is 40.4. The summed E-state index contributed by atoms with van der Waals surface area (Å²) in [5, 5.41) is 7.82. The van der Waals surface area contributed by atoms with Crippen LogP contribution in [0.4, 0.5) is 19.0 Å². The van der Waals surface area contributed by atoms with Gasteiger partial charge in [-0.15, -0.1) is 0 Å². The molecule has 0 amide bonds. The first-order valence-electron chi connectivity index (χ1n) is 9.41. The van der Waals surface area contributed by atoms with E-state index in [0.29, 0.717) is 0 Å². The van der Waals surface area contributed by atoms with Crippen LogP contribution in [-0.4, -0.2) is 43.8 Å². The van der Waals surface area contributed by atoms with Crippen molar-refractivity contribution >= 4 is 5.82 Å². The molecule has 0 radical (unpaired) electrons. The third-order valence-corrected chi connectivity index (χ3v) is 5.25. The summed E-state index contributed by atoms with van der Waals surface area (Å²) in [6.45, 7) is 3.62. The van der Waals surface area contributed by atoms with Crippen molar-refractivity contribution < 1.29 is 13.2 Å². The molecule has 27 heavy (non-hydrogen) atoms. The molecule has 146 valence electrons. The molecule has 1 N–H and O–H groups in total. The lowest BCUT2D eigenvalue weighted by Gasteiger charge is -2.32. The molecule has 0 saturated carbocycles. The minimum absolute atomic E-state index is 0.118. The van der Waals surface area contributed by atoms with Crippen LogP contribution in [0.25, 0.3) is 0 Å². The van der Waals surface area contributed by atoms with Crippen molar-refractivity contribution in [1.82, 2.24) is 24.6 Å². The number of hydrogen-bond donors (Lipinski definition) is 1. The Balaban J connectivity index is 1.30. The molecule has 4 rings (SSSR count). The molecule has 9 heteroatoms. The van der Waals surface area contributed by atoms with E-state index in [9.17, 15) is 13.2 Å². The highest BCUT2D eigenvalue weighted by atomic mass is 19.4. The molecule has 0 aromatic carbocycles. The van der Waals surface area contributed by atoms with Gasteiger partial charge >= 0.3 is 6.18 Å². The zero-order valence-corrected chi connectivity index (χ0v) is 15.0. The Bertz CT molecular complexity index is 756. The summed E-state index contributed by atoms with van der Waals surface area (Å²) in [5.41, 5.74) is 1.53. The molecule has 1 saturated heterocycles. The third-order valence-electron chi connectivity index (χ3n) is 5.25. The second kappa shape index (κ2) is 7.46. The lowest BCUT2D eigenvalue weighted by Crippen LogP contribution is -2.39. The van der Waals surface area contributed by atoms with E-state index in [-0.39, 0.29) is 11.9 Å². The topological polar surface area (TPSA) is 58.9 Å². The van der Waals surface area contributed by atoms with Crippen LogP contribution in [0.1, 0.15) is 42.8 Å². The number of hydrogen-bond acceptors (Lipinski definition) is 5. The van der Waals surface area contributed by atoms with Gasteiger partial charge in [0.2, 0.25) is 0 Å². The molecule has 2 aliphatic heterocycles. The number of halogens is 3. The zero-order valence-electron chi connectivity index (χ0n) is 15.0. The van der Waals surface area contributed by atoms with Crippen molar-refractivity contribution in [2.75, 3.05) is 18.4 Å². The molecule has 2 aromatic heterocycles. The Morgan fingerprint density at radius 2 is 1.89 bits per heavy atom. The summed E-state index contributed by atoms with van der Waals surface area (Å²) in [4.78, 5) is 9.57. The number of anilines is 1. The van der Waals surface area contributed by atoms with Crippen LogP contribution in [0, 0.1) is 0 Å². The fourth-order valence-electron chi connectivity index (χ4n) is 3.82. The maximum Gasteiger partial charge on any atom is 0.433 e. The molecule has 2 aliphatic rings. The Morgan fingerprint density at radius 1 is 1.07 bits per heavy atom. The summed E-state index contributed by atoms with van der Waals surface area (Å²) >= 11 is 0. The second-order valence-corrected chi connectivity index (χ2v) is 7.29. The zero-order chi connectivity index (χ0) is 18.9. The fraction of sp³-hybridized carbons (Fsp3) is 0.611. The van der Waals surface area contributed by atoms with E-state index in [1.54, 1.807) is 0 Å². The van der Waals surface area contributed by atoms with E-state index in [4.69, 9.17) is 5.10 Å². The highest BCUT2D eigenvalue weighted by Crippen LogP contribution is 2.28. The first kappa shape index (κ1) is 18.2. The Labute approximate surface area is 155 Å². The standard InChI is InChI=1S/C18H23F3N6/c19-18(20,21)16-10-17(23-12-22-16)24-13-4-7-26(8-5-13)11-14-9-15-3-1-2-6-27(15)25-14/h9-10,12-13H,1-8,11H2,(H,22,23,24). The molecule has 0 bridgehead atoms. The first-order chi connectivity index (χ1) is 13.0. The minimum atomic E-state index is -4.45. The van der Waals surface area contributed by atoms with Crippen LogP contribution in [0.3, 0.4) is 0 Å². The number of nitrogens with zero attached hydrogens (tertiary/aromatic N) is 5. The summed E-state index contributed by atoms with van der Waals surface area (Å²) in [7, 11) is 0. The van der Waals surface area contributed by atoms with Gasteiger partial charge in [0.15, 0.2) is 0 Å². The van der Waals surface area contributed by atoms with Gasteiger partial charge in [0.1, 0.15) is 17.8 Å². The number of fused-ring (bicyclic) bond motifs is 1. The van der Waals surface area contributed by atoms with Gasteiger partial charge in [-0.25, -0.2) is 9.97 Å². The van der Waals surface area contributed by atoms with Gasteiger partial charge in [-0.1, -0.05) is 0 Å². The summed E-state index contributed by atoms with van der Waals surface area (Å²) in [6.07, 6.45) is 1.77. The largest absolute Gasteiger partial charge is 0.433 e. The fourth-order valence-corrected chi connectivity index (χ4v) is 3.82. The molecule has 4 heterocycles. The molecular weight excluding hydrogens is 357 g/mol. The Morgan fingerprint density at radius 3 is 2.63 bits per heavy atom. The van der Waals surface area contributed by atoms with Gasteiger partial charge in [-0.2, -0.15) is 18.3 Å². The molecular formula is C18H23F3N6. The second-order valence-electron chi connectivity index (χ2n) is 7.29. The number of alkyl halides is 3. The number of piperidine rings is 1. The maximum atomic E-state index is 12.8. The van der Waals surface area contributed by atoms with Crippen LogP contribution in [0.5, 0.6) is 0 Å². The maximum absolute atomic E-state index is 12.8. The van der Waals surface area contributed by atoms with Gasteiger partial charge < -0.3 is 5.32 Å². The SMILES string of the molecule is FC(F)(F)c1cc(NC2CCN(Cc3cc4n(n3)CCCC4)CC2)ncn1. The van der Waals surface area contributed by atoms with Crippen LogP contribution in [0.2, 0.25) is 0 Å². The number of aryl methyl sites for hydroxylation is 2. The molecule has 6 nitrogen and oxygen atoms in total. The van der Waals surface area contributed by atoms with Gasteiger partial charge in [0.05, 0.1) is 5.69 Å². The quantitative estimate of drug-likeness (QED) is 0.883. The summed E-state index contributed by atoms with van der Waals surface area (Å²) in [5.74, 6) is 0.234. The lowest BCUT2D eigenvalue weighted by molar-refractivity contribution is -0.141. The summed E-state index contributed by atoms with van der Waals surface area (Å²) in [6, 6.07) is 3.30. The number of rotatable bonds is 4.